The predicted molar refractivity (Wildman–Crippen MR) is 122 cm³/mol. The zero-order valence-corrected chi connectivity index (χ0v) is 17.6. The molecule has 150 valence electrons. The first-order chi connectivity index (χ1) is 14.3. The monoisotopic (exact) mass is 404 g/mol. The van der Waals surface area contributed by atoms with Crippen molar-refractivity contribution in [3.8, 4) is 0 Å². The number of benzene rings is 3. The summed E-state index contributed by atoms with van der Waals surface area (Å²) in [6.07, 6.45) is 1.03. The topological polar surface area (TPSA) is 6.48 Å². The van der Waals surface area contributed by atoms with Crippen molar-refractivity contribution in [2.24, 2.45) is 0 Å². The first kappa shape index (κ1) is 20.2. The average molecular weight is 405 g/mol. The molecule has 0 N–H and O–H groups in total. The lowest BCUT2D eigenvalue weighted by Crippen LogP contribution is -2.50. The van der Waals surface area contributed by atoms with Gasteiger partial charge < -0.3 is 0 Å². The molecule has 4 rings (SSSR count). The summed E-state index contributed by atoms with van der Waals surface area (Å²) in [4.78, 5) is 5.13. The fraction of sp³-hybridized carbons (Fsp3) is 0.308. The molecule has 1 heterocycles. The Morgan fingerprint density at radius 3 is 1.69 bits per heavy atom. The number of halogens is 1. The molecule has 2 nitrogen and oxygen atoms in total. The summed E-state index contributed by atoms with van der Waals surface area (Å²) in [5.41, 5.74) is 4.07. The highest BCUT2D eigenvalue weighted by Gasteiger charge is 2.30. The maximum atomic E-state index is 6.75. The summed E-state index contributed by atoms with van der Waals surface area (Å²) in [5.74, 6) is 0. The first-order valence-corrected chi connectivity index (χ1v) is 10.9. The van der Waals surface area contributed by atoms with Crippen molar-refractivity contribution in [3.63, 3.8) is 0 Å². The van der Waals surface area contributed by atoms with E-state index in [9.17, 15) is 0 Å². The molecule has 0 bridgehead atoms. The van der Waals surface area contributed by atoms with Crippen LogP contribution in [-0.2, 0) is 19.6 Å². The van der Waals surface area contributed by atoms with E-state index in [-0.39, 0.29) is 5.38 Å². The van der Waals surface area contributed by atoms with Crippen LogP contribution >= 0.6 is 11.6 Å². The van der Waals surface area contributed by atoms with Crippen molar-refractivity contribution in [1.29, 1.82) is 0 Å². The number of hydrogen-bond donors (Lipinski definition) is 0. The lowest BCUT2D eigenvalue weighted by molar-refractivity contribution is 0.0842. The standard InChI is InChI=1S/C26H29ClN2/c27-25-16-26(21-28(20-25)17-22-10-4-1-5-11-22)29(18-23-12-6-2-7-13-23)19-24-14-8-3-9-15-24/h1-15,25-26H,16-21H2/t25-,26+/m1/s1. The minimum atomic E-state index is 0.187. The lowest BCUT2D eigenvalue weighted by atomic mass is 10.0. The quantitative estimate of drug-likeness (QED) is 0.475. The van der Waals surface area contributed by atoms with Gasteiger partial charge in [0.05, 0.1) is 0 Å². The van der Waals surface area contributed by atoms with Crippen LogP contribution in [-0.4, -0.2) is 34.3 Å². The first-order valence-electron chi connectivity index (χ1n) is 10.5. The van der Waals surface area contributed by atoms with Crippen LogP contribution < -0.4 is 0 Å². The van der Waals surface area contributed by atoms with Crippen LogP contribution in [0.25, 0.3) is 0 Å². The summed E-state index contributed by atoms with van der Waals surface area (Å²) in [6, 6.07) is 32.7. The van der Waals surface area contributed by atoms with Gasteiger partial charge in [-0.2, -0.15) is 0 Å². The fourth-order valence-electron chi connectivity index (χ4n) is 4.28. The van der Waals surface area contributed by atoms with E-state index in [1.165, 1.54) is 16.7 Å². The highest BCUT2D eigenvalue weighted by atomic mass is 35.5. The van der Waals surface area contributed by atoms with Gasteiger partial charge in [0.2, 0.25) is 0 Å². The van der Waals surface area contributed by atoms with Gasteiger partial charge in [0.25, 0.3) is 0 Å². The molecule has 0 spiro atoms. The lowest BCUT2D eigenvalue weighted by Gasteiger charge is -2.41. The van der Waals surface area contributed by atoms with Crippen molar-refractivity contribution >= 4 is 11.6 Å². The zero-order valence-electron chi connectivity index (χ0n) is 16.8. The zero-order chi connectivity index (χ0) is 19.9. The second kappa shape index (κ2) is 10.1. The van der Waals surface area contributed by atoms with Crippen molar-refractivity contribution in [2.75, 3.05) is 13.1 Å². The van der Waals surface area contributed by atoms with Gasteiger partial charge in [-0.15, -0.1) is 11.6 Å². The third kappa shape index (κ3) is 5.93. The normalized spacial score (nSPS) is 20.1. The summed E-state index contributed by atoms with van der Waals surface area (Å²) >= 11 is 6.75. The van der Waals surface area contributed by atoms with Crippen LogP contribution in [0.5, 0.6) is 0 Å². The van der Waals surface area contributed by atoms with Gasteiger partial charge in [0, 0.05) is 44.1 Å². The van der Waals surface area contributed by atoms with E-state index in [0.29, 0.717) is 6.04 Å². The fourth-order valence-corrected chi connectivity index (χ4v) is 4.68. The van der Waals surface area contributed by atoms with Crippen molar-refractivity contribution < 1.29 is 0 Å². The van der Waals surface area contributed by atoms with Gasteiger partial charge in [0.15, 0.2) is 0 Å². The summed E-state index contributed by atoms with van der Waals surface area (Å²) in [5, 5.41) is 0.187. The number of alkyl halides is 1. The summed E-state index contributed by atoms with van der Waals surface area (Å²) in [6.45, 7) is 4.87. The molecule has 1 aliphatic heterocycles. The molecular formula is C26H29ClN2. The second-order valence-corrected chi connectivity index (χ2v) is 8.66. The Balaban J connectivity index is 1.51. The third-order valence-corrected chi connectivity index (χ3v) is 5.99. The number of rotatable bonds is 7. The minimum Gasteiger partial charge on any atom is -0.296 e. The largest absolute Gasteiger partial charge is 0.296 e. The van der Waals surface area contributed by atoms with Crippen molar-refractivity contribution in [3.05, 3.63) is 108 Å². The molecule has 0 unspecified atom stereocenters. The van der Waals surface area contributed by atoms with E-state index in [4.69, 9.17) is 11.6 Å². The van der Waals surface area contributed by atoms with E-state index >= 15 is 0 Å². The van der Waals surface area contributed by atoms with E-state index in [1.807, 2.05) is 0 Å². The predicted octanol–water partition coefficient (Wildman–Crippen LogP) is 5.57. The molecule has 1 aliphatic rings. The summed E-state index contributed by atoms with van der Waals surface area (Å²) in [7, 11) is 0. The molecule has 0 amide bonds. The summed E-state index contributed by atoms with van der Waals surface area (Å²) < 4.78 is 0. The average Bonchev–Trinajstić information content (AvgIpc) is 2.75. The number of likely N-dealkylation sites (tertiary alicyclic amines) is 1. The number of piperidine rings is 1. The molecular weight excluding hydrogens is 376 g/mol. The Kier molecular flexibility index (Phi) is 7.00. The van der Waals surface area contributed by atoms with Crippen molar-refractivity contribution in [2.45, 2.75) is 37.5 Å². The molecule has 3 aromatic rings. The SMILES string of the molecule is Cl[C@@H]1C[C@H](N(Cc2ccccc2)Cc2ccccc2)CN(Cc2ccccc2)C1. The molecule has 0 radical (unpaired) electrons. The van der Waals surface area contributed by atoms with E-state index < -0.39 is 0 Å². The van der Waals surface area contributed by atoms with E-state index in [1.54, 1.807) is 0 Å². The van der Waals surface area contributed by atoms with Crippen LogP contribution in [0.1, 0.15) is 23.1 Å². The van der Waals surface area contributed by atoms with Crippen LogP contribution in [0, 0.1) is 0 Å². The van der Waals surface area contributed by atoms with Gasteiger partial charge >= 0.3 is 0 Å². The Morgan fingerprint density at radius 1 is 0.690 bits per heavy atom. The van der Waals surface area contributed by atoms with Crippen molar-refractivity contribution in [1.82, 2.24) is 9.80 Å². The molecule has 0 aliphatic carbocycles. The van der Waals surface area contributed by atoms with Crippen LogP contribution in [0.3, 0.4) is 0 Å². The molecule has 1 fully saturated rings. The highest BCUT2D eigenvalue weighted by Crippen LogP contribution is 2.25. The maximum absolute atomic E-state index is 6.75. The molecule has 3 heteroatoms. The Labute approximate surface area is 179 Å². The number of hydrogen-bond acceptors (Lipinski definition) is 2. The van der Waals surface area contributed by atoms with Crippen LogP contribution in [0.4, 0.5) is 0 Å². The van der Waals surface area contributed by atoms with Gasteiger partial charge in [0.1, 0.15) is 0 Å². The van der Waals surface area contributed by atoms with E-state index in [0.717, 1.165) is 39.1 Å². The minimum absolute atomic E-state index is 0.187. The number of nitrogens with zero attached hydrogens (tertiary/aromatic N) is 2. The smallest absolute Gasteiger partial charge is 0.0478 e. The molecule has 0 saturated carbocycles. The van der Waals surface area contributed by atoms with Crippen LogP contribution in [0.15, 0.2) is 91.0 Å². The molecule has 2 atom stereocenters. The highest BCUT2D eigenvalue weighted by molar-refractivity contribution is 6.20. The molecule has 3 aromatic carbocycles. The van der Waals surface area contributed by atoms with Gasteiger partial charge in [-0.05, 0) is 23.1 Å². The third-order valence-electron chi connectivity index (χ3n) is 5.68. The van der Waals surface area contributed by atoms with Gasteiger partial charge in [-0.3, -0.25) is 9.80 Å². The second-order valence-electron chi connectivity index (χ2n) is 8.04. The van der Waals surface area contributed by atoms with Gasteiger partial charge in [-0.1, -0.05) is 91.0 Å². The molecule has 0 aromatic heterocycles. The molecule has 29 heavy (non-hydrogen) atoms. The van der Waals surface area contributed by atoms with Gasteiger partial charge in [-0.25, -0.2) is 0 Å². The Bertz CT molecular complexity index is 812. The van der Waals surface area contributed by atoms with Crippen LogP contribution in [0.2, 0.25) is 0 Å². The van der Waals surface area contributed by atoms with E-state index in [2.05, 4.69) is 101 Å². The Hall–Kier alpha value is -2.13. The Morgan fingerprint density at radius 2 is 1.17 bits per heavy atom. The maximum Gasteiger partial charge on any atom is 0.0478 e. The molecule has 1 saturated heterocycles.